The van der Waals surface area contributed by atoms with Crippen LogP contribution in [0.2, 0.25) is 0 Å². The normalized spacial score (nSPS) is 15.8. The van der Waals surface area contributed by atoms with Gasteiger partial charge in [0.15, 0.2) is 0 Å². The van der Waals surface area contributed by atoms with Gasteiger partial charge in [0.25, 0.3) is 0 Å². The Hall–Kier alpha value is -1.06. The van der Waals surface area contributed by atoms with Crippen molar-refractivity contribution in [2.75, 3.05) is 13.2 Å². The fourth-order valence-corrected chi connectivity index (χ4v) is 1.61. The van der Waals surface area contributed by atoms with E-state index in [0.29, 0.717) is 19.6 Å². The maximum atomic E-state index is 11.4. The molecule has 1 fully saturated rings. The molecule has 1 saturated heterocycles. The van der Waals surface area contributed by atoms with Crippen LogP contribution < -0.4 is 0 Å². The van der Waals surface area contributed by atoms with E-state index >= 15 is 0 Å². The molecule has 0 aliphatic carbocycles. The molecule has 86 valence electrons. The van der Waals surface area contributed by atoms with Gasteiger partial charge in [-0.05, 0) is 12.8 Å². The Kier molecular flexibility index (Phi) is 5.15. The first kappa shape index (κ1) is 12.0. The lowest BCUT2D eigenvalue weighted by atomic mass is 10.2. The highest BCUT2D eigenvalue weighted by Gasteiger charge is 2.27. The quantitative estimate of drug-likeness (QED) is 0.658. The van der Waals surface area contributed by atoms with Crippen molar-refractivity contribution in [2.45, 2.75) is 45.4 Å². The lowest BCUT2D eigenvalue weighted by molar-refractivity contribution is -0.126. The van der Waals surface area contributed by atoms with Gasteiger partial charge >= 0.3 is 6.09 Å². The number of carbonyl (C=O) groups is 2. The monoisotopic (exact) mass is 213 g/mol. The lowest BCUT2D eigenvalue weighted by Crippen LogP contribution is -2.32. The van der Waals surface area contributed by atoms with Gasteiger partial charge in [-0.15, -0.1) is 0 Å². The van der Waals surface area contributed by atoms with E-state index in [1.54, 1.807) is 0 Å². The molecule has 0 N–H and O–H groups in total. The van der Waals surface area contributed by atoms with Gasteiger partial charge in [-0.3, -0.25) is 4.79 Å². The summed E-state index contributed by atoms with van der Waals surface area (Å²) in [5, 5.41) is 0. The van der Waals surface area contributed by atoms with Crippen LogP contribution in [0.1, 0.15) is 45.4 Å². The molecule has 0 atom stereocenters. The zero-order valence-corrected chi connectivity index (χ0v) is 9.33. The smallest absolute Gasteiger partial charge is 0.416 e. The molecule has 0 aromatic rings. The van der Waals surface area contributed by atoms with Crippen LogP contribution in [0.3, 0.4) is 0 Å². The maximum absolute atomic E-state index is 11.4. The summed E-state index contributed by atoms with van der Waals surface area (Å²) in [6.07, 6.45) is 5.08. The summed E-state index contributed by atoms with van der Waals surface area (Å²) >= 11 is 0. The number of hydrogen-bond acceptors (Lipinski definition) is 3. The first-order valence-corrected chi connectivity index (χ1v) is 5.73. The van der Waals surface area contributed by atoms with E-state index in [1.807, 2.05) is 0 Å². The number of ether oxygens (including phenoxy) is 1. The van der Waals surface area contributed by atoms with E-state index in [4.69, 9.17) is 4.74 Å². The van der Waals surface area contributed by atoms with Gasteiger partial charge in [-0.25, -0.2) is 9.69 Å². The molecule has 0 radical (unpaired) electrons. The fraction of sp³-hybridized carbons (Fsp3) is 0.818. The Balaban J connectivity index is 2.10. The molecule has 1 aliphatic rings. The zero-order valence-electron chi connectivity index (χ0n) is 9.33. The van der Waals surface area contributed by atoms with Gasteiger partial charge in [0.05, 0.1) is 6.61 Å². The third-order valence-corrected chi connectivity index (χ3v) is 2.52. The van der Waals surface area contributed by atoms with Crippen LogP contribution >= 0.6 is 0 Å². The number of rotatable bonds is 5. The summed E-state index contributed by atoms with van der Waals surface area (Å²) in [5.74, 6) is -0.103. The largest absolute Gasteiger partial charge is 0.449 e. The Morgan fingerprint density at radius 2 is 2.20 bits per heavy atom. The topological polar surface area (TPSA) is 46.6 Å². The maximum Gasteiger partial charge on any atom is 0.416 e. The molecule has 1 heterocycles. The molecule has 0 bridgehead atoms. The summed E-state index contributed by atoms with van der Waals surface area (Å²) in [6, 6.07) is 0. The Labute approximate surface area is 90.6 Å². The van der Waals surface area contributed by atoms with Gasteiger partial charge in [0, 0.05) is 13.0 Å². The highest BCUT2D eigenvalue weighted by atomic mass is 16.6. The minimum atomic E-state index is -0.464. The third-order valence-electron chi connectivity index (χ3n) is 2.52. The number of amides is 2. The molecule has 2 amide bonds. The molecule has 0 aromatic carbocycles. The van der Waals surface area contributed by atoms with Gasteiger partial charge < -0.3 is 4.74 Å². The molecule has 4 nitrogen and oxygen atoms in total. The third kappa shape index (κ3) is 3.90. The van der Waals surface area contributed by atoms with Crippen LogP contribution in [0.4, 0.5) is 4.79 Å². The molecule has 0 unspecified atom stereocenters. The summed E-state index contributed by atoms with van der Waals surface area (Å²) in [5.41, 5.74) is 0. The molecule has 15 heavy (non-hydrogen) atoms. The van der Waals surface area contributed by atoms with E-state index in [-0.39, 0.29) is 5.91 Å². The van der Waals surface area contributed by atoms with E-state index < -0.39 is 6.09 Å². The minimum Gasteiger partial charge on any atom is -0.449 e. The van der Waals surface area contributed by atoms with Gasteiger partial charge in [0.1, 0.15) is 0 Å². The van der Waals surface area contributed by atoms with E-state index in [2.05, 4.69) is 6.92 Å². The number of unbranched alkanes of at least 4 members (excludes halogenated alkanes) is 3. The van der Waals surface area contributed by atoms with Crippen molar-refractivity contribution in [2.24, 2.45) is 0 Å². The zero-order chi connectivity index (χ0) is 11.1. The van der Waals surface area contributed by atoms with Crippen molar-refractivity contribution >= 4 is 12.0 Å². The summed E-state index contributed by atoms with van der Waals surface area (Å²) in [4.78, 5) is 23.8. The lowest BCUT2D eigenvalue weighted by Gasteiger charge is -2.13. The predicted molar refractivity (Wildman–Crippen MR) is 56.4 cm³/mol. The Bertz CT molecular complexity index is 228. The summed E-state index contributed by atoms with van der Waals surface area (Å²) < 4.78 is 5.01. The Morgan fingerprint density at radius 1 is 1.40 bits per heavy atom. The summed E-state index contributed by atoms with van der Waals surface area (Å²) in [6.45, 7) is 3.09. The van der Waals surface area contributed by atoms with Crippen LogP contribution in [0.15, 0.2) is 0 Å². The molecular weight excluding hydrogens is 194 g/mol. The van der Waals surface area contributed by atoms with Crippen LogP contribution in [0, 0.1) is 0 Å². The molecular formula is C11H19NO3. The second-order valence-electron chi connectivity index (χ2n) is 3.82. The molecule has 4 heteroatoms. The highest BCUT2D eigenvalue weighted by molar-refractivity contribution is 5.93. The fourth-order valence-electron chi connectivity index (χ4n) is 1.61. The van der Waals surface area contributed by atoms with Crippen LogP contribution in [0.25, 0.3) is 0 Å². The highest BCUT2D eigenvalue weighted by Crippen LogP contribution is 2.11. The Morgan fingerprint density at radius 3 is 2.80 bits per heavy atom. The second-order valence-corrected chi connectivity index (χ2v) is 3.82. The number of nitrogens with zero attached hydrogens (tertiary/aromatic N) is 1. The van der Waals surface area contributed by atoms with Crippen molar-refractivity contribution in [1.29, 1.82) is 0 Å². The molecule has 0 spiro atoms. The van der Waals surface area contributed by atoms with Crippen molar-refractivity contribution in [3.63, 3.8) is 0 Å². The average Bonchev–Trinajstić information content (AvgIpc) is 2.64. The molecule has 1 aliphatic heterocycles. The van der Waals surface area contributed by atoms with Gasteiger partial charge in [0.2, 0.25) is 5.91 Å². The van der Waals surface area contributed by atoms with Crippen LogP contribution in [-0.4, -0.2) is 30.1 Å². The van der Waals surface area contributed by atoms with Crippen LogP contribution in [-0.2, 0) is 9.53 Å². The standard InChI is InChI=1S/C11H19NO3/c1-2-3-4-5-9-15-11(14)12-8-6-7-10(12)13/h2-9H2,1H3. The van der Waals surface area contributed by atoms with E-state index in [0.717, 1.165) is 19.3 Å². The van der Waals surface area contributed by atoms with E-state index in [9.17, 15) is 9.59 Å². The first-order chi connectivity index (χ1) is 7.25. The molecule has 0 aromatic heterocycles. The van der Waals surface area contributed by atoms with Gasteiger partial charge in [-0.1, -0.05) is 26.2 Å². The van der Waals surface area contributed by atoms with Crippen molar-refractivity contribution < 1.29 is 14.3 Å². The van der Waals surface area contributed by atoms with Crippen molar-refractivity contribution in [3.8, 4) is 0 Å². The predicted octanol–water partition coefficient (Wildman–Crippen LogP) is 2.33. The SMILES string of the molecule is CCCCCCOC(=O)N1CCCC1=O. The number of hydrogen-bond donors (Lipinski definition) is 0. The molecule has 1 rings (SSSR count). The second kappa shape index (κ2) is 6.43. The first-order valence-electron chi connectivity index (χ1n) is 5.73. The summed E-state index contributed by atoms with van der Waals surface area (Å²) in [7, 11) is 0. The number of carbonyl (C=O) groups excluding carboxylic acids is 2. The minimum absolute atomic E-state index is 0.103. The number of likely N-dealkylation sites (tertiary alicyclic amines) is 1. The average molecular weight is 213 g/mol. The van der Waals surface area contributed by atoms with Gasteiger partial charge in [-0.2, -0.15) is 0 Å². The molecule has 0 saturated carbocycles. The van der Waals surface area contributed by atoms with Crippen LogP contribution in [0.5, 0.6) is 0 Å². The number of imide groups is 1. The van der Waals surface area contributed by atoms with Crippen molar-refractivity contribution in [1.82, 2.24) is 4.90 Å². The van der Waals surface area contributed by atoms with E-state index in [1.165, 1.54) is 17.7 Å². The van der Waals surface area contributed by atoms with Crippen molar-refractivity contribution in [3.05, 3.63) is 0 Å².